The number of ether oxygens (including phenoxy) is 1. The lowest BCUT2D eigenvalue weighted by Crippen LogP contribution is -2.17. The normalized spacial score (nSPS) is 33.4. The fourth-order valence-corrected chi connectivity index (χ4v) is 3.21. The summed E-state index contributed by atoms with van der Waals surface area (Å²) >= 11 is 0. The lowest BCUT2D eigenvalue weighted by molar-refractivity contribution is 0.107. The standard InChI is InChI=1S/C6H14OSi/c1-7-6-3-2-4-8-5-6/h6H,2-5,8H2,1H3. The zero-order valence-corrected chi connectivity index (χ0v) is 6.94. The molecule has 0 aromatic carbocycles. The third-order valence-electron chi connectivity index (χ3n) is 1.89. The van der Waals surface area contributed by atoms with Crippen LogP contribution in [0, 0.1) is 0 Å². The van der Waals surface area contributed by atoms with Crippen LogP contribution < -0.4 is 0 Å². The van der Waals surface area contributed by atoms with Crippen LogP contribution in [0.4, 0.5) is 0 Å². The van der Waals surface area contributed by atoms with Gasteiger partial charge in [-0.2, -0.15) is 0 Å². The minimum atomic E-state index is 0.325. The van der Waals surface area contributed by atoms with E-state index in [0.29, 0.717) is 15.6 Å². The van der Waals surface area contributed by atoms with Crippen LogP contribution in [0.15, 0.2) is 0 Å². The van der Waals surface area contributed by atoms with E-state index in [0.717, 1.165) is 0 Å². The molecule has 1 rings (SSSR count). The second kappa shape index (κ2) is 3.25. The molecule has 1 nitrogen and oxygen atoms in total. The fraction of sp³-hybridized carbons (Fsp3) is 1.00. The van der Waals surface area contributed by atoms with E-state index in [1.54, 1.807) is 6.04 Å². The van der Waals surface area contributed by atoms with Crippen LogP contribution in [0.25, 0.3) is 0 Å². The van der Waals surface area contributed by atoms with E-state index in [9.17, 15) is 0 Å². The van der Waals surface area contributed by atoms with Crippen LogP contribution in [-0.4, -0.2) is 22.7 Å². The molecule has 0 radical (unpaired) electrons. The van der Waals surface area contributed by atoms with Gasteiger partial charge in [0.2, 0.25) is 0 Å². The summed E-state index contributed by atoms with van der Waals surface area (Å²) in [7, 11) is 2.16. The van der Waals surface area contributed by atoms with E-state index >= 15 is 0 Å². The molecule has 1 fully saturated rings. The lowest BCUT2D eigenvalue weighted by atomic mass is 10.2. The molecule has 0 spiro atoms. The third-order valence-corrected chi connectivity index (χ3v) is 3.94. The van der Waals surface area contributed by atoms with Crippen molar-refractivity contribution in [1.29, 1.82) is 0 Å². The summed E-state index contributed by atoms with van der Waals surface area (Å²) in [5, 5.41) is 0. The topological polar surface area (TPSA) is 9.23 Å². The van der Waals surface area contributed by atoms with Crippen LogP contribution in [0.3, 0.4) is 0 Å². The third kappa shape index (κ3) is 1.60. The quantitative estimate of drug-likeness (QED) is 0.477. The summed E-state index contributed by atoms with van der Waals surface area (Å²) in [5.74, 6) is 0. The van der Waals surface area contributed by atoms with Gasteiger partial charge in [-0.25, -0.2) is 0 Å². The minimum Gasteiger partial charge on any atom is -0.382 e. The predicted molar refractivity (Wildman–Crippen MR) is 38.2 cm³/mol. The van der Waals surface area contributed by atoms with Gasteiger partial charge in [0.15, 0.2) is 0 Å². The highest BCUT2D eigenvalue weighted by molar-refractivity contribution is 6.35. The maximum atomic E-state index is 5.23. The summed E-state index contributed by atoms with van der Waals surface area (Å²) in [4.78, 5) is 0. The van der Waals surface area contributed by atoms with Crippen molar-refractivity contribution in [3.63, 3.8) is 0 Å². The van der Waals surface area contributed by atoms with Crippen molar-refractivity contribution in [3.05, 3.63) is 0 Å². The maximum absolute atomic E-state index is 5.23. The molecule has 8 heavy (non-hydrogen) atoms. The monoisotopic (exact) mass is 130 g/mol. The van der Waals surface area contributed by atoms with Crippen molar-refractivity contribution >= 4 is 9.52 Å². The second-order valence-electron chi connectivity index (χ2n) is 2.50. The van der Waals surface area contributed by atoms with E-state index < -0.39 is 0 Å². The van der Waals surface area contributed by atoms with Crippen LogP contribution in [0.2, 0.25) is 12.1 Å². The summed E-state index contributed by atoms with van der Waals surface area (Å²) < 4.78 is 5.23. The van der Waals surface area contributed by atoms with Crippen LogP contribution in [-0.2, 0) is 4.74 Å². The van der Waals surface area contributed by atoms with Crippen LogP contribution in [0.1, 0.15) is 12.8 Å². The highest BCUT2D eigenvalue weighted by Gasteiger charge is 2.11. The first kappa shape index (κ1) is 6.30. The first-order valence-corrected chi connectivity index (χ1v) is 5.46. The smallest absolute Gasteiger partial charge is 0.0542 e. The molecule has 0 aromatic heterocycles. The van der Waals surface area contributed by atoms with Gasteiger partial charge in [0.1, 0.15) is 0 Å². The average molecular weight is 130 g/mol. The van der Waals surface area contributed by atoms with Gasteiger partial charge in [-0.15, -0.1) is 0 Å². The molecule has 1 heterocycles. The van der Waals surface area contributed by atoms with Gasteiger partial charge in [0.25, 0.3) is 0 Å². The Bertz CT molecular complexity index is 59.5. The number of rotatable bonds is 1. The first-order valence-electron chi connectivity index (χ1n) is 3.46. The van der Waals surface area contributed by atoms with Gasteiger partial charge in [-0.3, -0.25) is 0 Å². The zero-order chi connectivity index (χ0) is 5.82. The SMILES string of the molecule is COC1CCC[SiH2]C1. The van der Waals surface area contributed by atoms with Crippen molar-refractivity contribution in [2.75, 3.05) is 7.11 Å². The molecule has 0 saturated carbocycles. The molecule has 1 atom stereocenters. The van der Waals surface area contributed by atoms with E-state index in [-0.39, 0.29) is 0 Å². The van der Waals surface area contributed by atoms with Crippen molar-refractivity contribution < 1.29 is 4.74 Å². The van der Waals surface area contributed by atoms with Gasteiger partial charge in [0.05, 0.1) is 6.10 Å². The van der Waals surface area contributed by atoms with Crippen molar-refractivity contribution in [2.45, 2.75) is 31.0 Å². The van der Waals surface area contributed by atoms with E-state index in [2.05, 4.69) is 0 Å². The second-order valence-corrected chi connectivity index (χ2v) is 4.49. The number of hydrogen-bond acceptors (Lipinski definition) is 1. The molecular weight excluding hydrogens is 116 g/mol. The Morgan fingerprint density at radius 1 is 1.62 bits per heavy atom. The van der Waals surface area contributed by atoms with Gasteiger partial charge in [-0.05, 0) is 12.5 Å². The molecule has 1 saturated heterocycles. The molecule has 0 bridgehead atoms. The molecule has 1 unspecified atom stereocenters. The molecule has 1 aliphatic heterocycles. The Balaban J connectivity index is 2.13. The number of methoxy groups -OCH3 is 1. The Kier molecular flexibility index (Phi) is 2.56. The summed E-state index contributed by atoms with van der Waals surface area (Å²) in [6, 6.07) is 2.98. The Labute approximate surface area is 53.2 Å². The van der Waals surface area contributed by atoms with E-state index in [1.165, 1.54) is 18.9 Å². The van der Waals surface area contributed by atoms with Crippen LogP contribution >= 0.6 is 0 Å². The zero-order valence-electron chi connectivity index (χ0n) is 5.52. The summed E-state index contributed by atoms with van der Waals surface area (Å²) in [5.41, 5.74) is 0. The molecule has 0 aliphatic carbocycles. The Hall–Kier alpha value is 0.177. The van der Waals surface area contributed by atoms with Gasteiger partial charge in [-0.1, -0.05) is 12.5 Å². The lowest BCUT2D eigenvalue weighted by Gasteiger charge is -2.18. The van der Waals surface area contributed by atoms with Crippen molar-refractivity contribution in [3.8, 4) is 0 Å². The van der Waals surface area contributed by atoms with E-state index in [1.807, 2.05) is 7.11 Å². The predicted octanol–water partition coefficient (Wildman–Crippen LogP) is 0.801. The van der Waals surface area contributed by atoms with Gasteiger partial charge < -0.3 is 4.74 Å². The highest BCUT2D eigenvalue weighted by Crippen LogP contribution is 2.15. The largest absolute Gasteiger partial charge is 0.382 e. The van der Waals surface area contributed by atoms with Crippen LogP contribution in [0.5, 0.6) is 0 Å². The average Bonchev–Trinajstić information content (AvgIpc) is 1.90. The highest BCUT2D eigenvalue weighted by atomic mass is 28.2. The first-order chi connectivity index (χ1) is 3.93. The van der Waals surface area contributed by atoms with Gasteiger partial charge in [0, 0.05) is 16.6 Å². The molecule has 2 heteroatoms. The van der Waals surface area contributed by atoms with Crippen molar-refractivity contribution in [1.82, 2.24) is 0 Å². The molecule has 0 N–H and O–H groups in total. The molecule has 0 amide bonds. The van der Waals surface area contributed by atoms with Crippen molar-refractivity contribution in [2.24, 2.45) is 0 Å². The summed E-state index contributed by atoms with van der Waals surface area (Å²) in [6.45, 7) is 0. The molecule has 1 aliphatic rings. The maximum Gasteiger partial charge on any atom is 0.0542 e. The fourth-order valence-electron chi connectivity index (χ4n) is 1.30. The minimum absolute atomic E-state index is 0.325. The van der Waals surface area contributed by atoms with Gasteiger partial charge >= 0.3 is 0 Å². The number of hydrogen-bond donors (Lipinski definition) is 0. The Morgan fingerprint density at radius 3 is 2.88 bits per heavy atom. The summed E-state index contributed by atoms with van der Waals surface area (Å²) in [6.07, 6.45) is 3.41. The van der Waals surface area contributed by atoms with E-state index in [4.69, 9.17) is 4.74 Å². The Morgan fingerprint density at radius 2 is 2.50 bits per heavy atom. The molecular formula is C6H14OSi. The molecule has 0 aromatic rings. The molecule has 48 valence electrons.